The minimum absolute atomic E-state index is 0.175. The highest BCUT2D eigenvalue weighted by atomic mass is 16.5. The molecule has 1 aliphatic rings. The van der Waals surface area contributed by atoms with Crippen molar-refractivity contribution in [1.82, 2.24) is 29.6 Å². The Balaban J connectivity index is 1.62. The number of aromatic nitrogens is 5. The maximum absolute atomic E-state index is 13.4. The quantitative estimate of drug-likeness (QED) is 0.386. The second-order valence-corrected chi connectivity index (χ2v) is 10.0. The van der Waals surface area contributed by atoms with Gasteiger partial charge in [0.25, 0.3) is 5.56 Å². The number of nitrogens with zero attached hydrogens (tertiary/aromatic N) is 5. The zero-order valence-electron chi connectivity index (χ0n) is 21.7. The van der Waals surface area contributed by atoms with Crippen LogP contribution in [0.25, 0.3) is 16.9 Å². The molecule has 192 valence electrons. The normalized spacial score (nSPS) is 13.6. The van der Waals surface area contributed by atoms with Crippen LogP contribution in [0.4, 0.5) is 11.6 Å². The number of nitrogens with one attached hydrogen (secondary N) is 2. The van der Waals surface area contributed by atoms with Gasteiger partial charge in [0.15, 0.2) is 11.5 Å². The molecule has 0 unspecified atom stereocenters. The van der Waals surface area contributed by atoms with E-state index in [0.29, 0.717) is 28.5 Å². The van der Waals surface area contributed by atoms with Crippen LogP contribution < -0.4 is 16.2 Å². The first kappa shape index (κ1) is 24.6. The third-order valence-corrected chi connectivity index (χ3v) is 6.75. The second-order valence-electron chi connectivity index (χ2n) is 10.0. The van der Waals surface area contributed by atoms with Crippen LogP contribution in [-0.2, 0) is 27.9 Å². The highest BCUT2D eigenvalue weighted by Crippen LogP contribution is 2.26. The van der Waals surface area contributed by atoms with E-state index in [2.05, 4.69) is 27.8 Å². The standard InChI is InChI=1S/C27H31N7O3/c1-16(2)33-24(35)20-15-29-26(30-19-10-9-18-14-28-12-11-17(18)13-19)32-23(20)34(33)22-8-6-7-21(31-22)27(3,4)25(36)37-5/h6-10,13,15-16,28H,11-12,14H2,1-5H3,(H,29,30,32). The molecule has 0 atom stereocenters. The highest BCUT2D eigenvalue weighted by Gasteiger charge is 2.33. The molecule has 3 aromatic heterocycles. The maximum atomic E-state index is 13.4. The van der Waals surface area contributed by atoms with E-state index in [1.165, 1.54) is 18.2 Å². The number of hydrogen-bond donors (Lipinski definition) is 2. The molecule has 0 radical (unpaired) electrons. The van der Waals surface area contributed by atoms with Gasteiger partial charge in [-0.15, -0.1) is 0 Å². The molecule has 10 heteroatoms. The molecule has 1 aromatic carbocycles. The number of anilines is 2. The first-order valence-electron chi connectivity index (χ1n) is 12.4. The summed E-state index contributed by atoms with van der Waals surface area (Å²) in [6.07, 6.45) is 2.51. The Morgan fingerprint density at radius 1 is 1.16 bits per heavy atom. The molecule has 37 heavy (non-hydrogen) atoms. The van der Waals surface area contributed by atoms with E-state index in [9.17, 15) is 9.59 Å². The lowest BCUT2D eigenvalue weighted by atomic mass is 9.89. The highest BCUT2D eigenvalue weighted by molar-refractivity contribution is 5.81. The average molecular weight is 502 g/mol. The van der Waals surface area contributed by atoms with Gasteiger partial charge < -0.3 is 15.4 Å². The molecular formula is C27H31N7O3. The molecule has 0 saturated heterocycles. The maximum Gasteiger partial charge on any atom is 0.317 e. The van der Waals surface area contributed by atoms with Gasteiger partial charge in [-0.1, -0.05) is 12.1 Å². The summed E-state index contributed by atoms with van der Waals surface area (Å²) in [4.78, 5) is 39.7. The van der Waals surface area contributed by atoms with E-state index >= 15 is 0 Å². The molecular weight excluding hydrogens is 470 g/mol. The molecule has 4 aromatic rings. The third-order valence-electron chi connectivity index (χ3n) is 6.75. The predicted molar refractivity (Wildman–Crippen MR) is 141 cm³/mol. The lowest BCUT2D eigenvalue weighted by Crippen LogP contribution is -2.32. The first-order chi connectivity index (χ1) is 17.7. The van der Waals surface area contributed by atoms with Crippen LogP contribution in [0, 0.1) is 0 Å². The van der Waals surface area contributed by atoms with Crippen molar-refractivity contribution in [3.63, 3.8) is 0 Å². The van der Waals surface area contributed by atoms with Crippen molar-refractivity contribution in [3.05, 3.63) is 69.8 Å². The van der Waals surface area contributed by atoms with Gasteiger partial charge in [-0.2, -0.15) is 4.98 Å². The zero-order chi connectivity index (χ0) is 26.3. The fourth-order valence-corrected chi connectivity index (χ4v) is 4.68. The lowest BCUT2D eigenvalue weighted by molar-refractivity contribution is -0.146. The second kappa shape index (κ2) is 9.44. The SMILES string of the molecule is COC(=O)C(C)(C)c1cccc(-n2c3nc(Nc4ccc5c(c4)CCNC5)ncc3c(=O)n2C(C)C)n1. The summed E-state index contributed by atoms with van der Waals surface area (Å²) in [5.41, 5.74) is 3.24. The number of rotatable bonds is 6. The van der Waals surface area contributed by atoms with Crippen molar-refractivity contribution in [3.8, 4) is 5.82 Å². The van der Waals surface area contributed by atoms with E-state index < -0.39 is 11.4 Å². The van der Waals surface area contributed by atoms with Crippen LogP contribution >= 0.6 is 0 Å². The predicted octanol–water partition coefficient (Wildman–Crippen LogP) is 3.40. The van der Waals surface area contributed by atoms with E-state index in [1.54, 1.807) is 41.5 Å². The number of carbonyl (C=O) groups is 1. The number of benzene rings is 1. The average Bonchev–Trinajstić information content (AvgIpc) is 3.20. The van der Waals surface area contributed by atoms with Gasteiger partial charge in [0.2, 0.25) is 5.95 Å². The third kappa shape index (κ3) is 4.37. The molecule has 5 rings (SSSR count). The Bertz CT molecular complexity index is 1550. The Kier molecular flexibility index (Phi) is 6.28. The van der Waals surface area contributed by atoms with Gasteiger partial charge in [0.05, 0.1) is 12.8 Å². The molecule has 1 aliphatic heterocycles. The molecule has 0 amide bonds. The summed E-state index contributed by atoms with van der Waals surface area (Å²) < 4.78 is 8.29. The van der Waals surface area contributed by atoms with E-state index in [0.717, 1.165) is 25.2 Å². The van der Waals surface area contributed by atoms with Gasteiger partial charge in [0, 0.05) is 24.5 Å². The van der Waals surface area contributed by atoms with Crippen LogP contribution in [0.15, 0.2) is 47.4 Å². The van der Waals surface area contributed by atoms with Crippen molar-refractivity contribution in [1.29, 1.82) is 0 Å². The Morgan fingerprint density at radius 2 is 1.97 bits per heavy atom. The van der Waals surface area contributed by atoms with Crippen molar-refractivity contribution in [2.24, 2.45) is 0 Å². The minimum atomic E-state index is -0.972. The van der Waals surface area contributed by atoms with Crippen molar-refractivity contribution >= 4 is 28.6 Å². The number of hydrogen-bond acceptors (Lipinski definition) is 8. The molecule has 10 nitrogen and oxygen atoms in total. The summed E-state index contributed by atoms with van der Waals surface area (Å²) in [6.45, 7) is 9.18. The van der Waals surface area contributed by atoms with Gasteiger partial charge in [0.1, 0.15) is 10.8 Å². The van der Waals surface area contributed by atoms with Gasteiger partial charge in [-0.05, 0) is 76.1 Å². The van der Waals surface area contributed by atoms with Gasteiger partial charge in [-0.3, -0.25) is 9.59 Å². The van der Waals surface area contributed by atoms with Crippen molar-refractivity contribution in [2.45, 2.75) is 52.1 Å². The first-order valence-corrected chi connectivity index (χ1v) is 12.4. The van der Waals surface area contributed by atoms with E-state index in [1.807, 2.05) is 26.0 Å². The zero-order valence-corrected chi connectivity index (χ0v) is 21.7. The Labute approximate surface area is 214 Å². The molecule has 0 saturated carbocycles. The molecule has 2 N–H and O–H groups in total. The Hall–Kier alpha value is -4.05. The molecule has 0 fully saturated rings. The van der Waals surface area contributed by atoms with Gasteiger partial charge >= 0.3 is 5.97 Å². The summed E-state index contributed by atoms with van der Waals surface area (Å²) in [5, 5.41) is 7.06. The largest absolute Gasteiger partial charge is 0.468 e. The molecule has 0 aliphatic carbocycles. The van der Waals surface area contributed by atoms with E-state index in [-0.39, 0.29) is 11.6 Å². The fraction of sp³-hybridized carbons (Fsp3) is 0.370. The summed E-state index contributed by atoms with van der Waals surface area (Å²) in [6, 6.07) is 11.4. The number of carbonyl (C=O) groups excluding carboxylic acids is 1. The molecule has 0 spiro atoms. The molecule has 0 bridgehead atoms. The monoisotopic (exact) mass is 501 g/mol. The van der Waals surface area contributed by atoms with Crippen LogP contribution in [-0.4, -0.2) is 43.9 Å². The lowest BCUT2D eigenvalue weighted by Gasteiger charge is -2.22. The molecule has 4 heterocycles. The summed E-state index contributed by atoms with van der Waals surface area (Å²) in [5.74, 6) is 0.453. The Morgan fingerprint density at radius 3 is 2.73 bits per heavy atom. The van der Waals surface area contributed by atoms with Crippen LogP contribution in [0.5, 0.6) is 0 Å². The van der Waals surface area contributed by atoms with Crippen LogP contribution in [0.1, 0.15) is 50.6 Å². The topological polar surface area (TPSA) is 116 Å². The van der Waals surface area contributed by atoms with Crippen molar-refractivity contribution in [2.75, 3.05) is 19.0 Å². The van der Waals surface area contributed by atoms with Gasteiger partial charge in [-0.25, -0.2) is 19.3 Å². The van der Waals surface area contributed by atoms with Crippen LogP contribution in [0.3, 0.4) is 0 Å². The number of pyridine rings is 1. The summed E-state index contributed by atoms with van der Waals surface area (Å²) >= 11 is 0. The van der Waals surface area contributed by atoms with Crippen LogP contribution in [0.2, 0.25) is 0 Å². The minimum Gasteiger partial charge on any atom is -0.468 e. The number of esters is 1. The number of methoxy groups -OCH3 is 1. The fourth-order valence-electron chi connectivity index (χ4n) is 4.68. The smallest absolute Gasteiger partial charge is 0.317 e. The number of fused-ring (bicyclic) bond motifs is 2. The summed E-state index contributed by atoms with van der Waals surface area (Å²) in [7, 11) is 1.36. The van der Waals surface area contributed by atoms with E-state index in [4.69, 9.17) is 14.7 Å². The van der Waals surface area contributed by atoms with Crippen molar-refractivity contribution < 1.29 is 9.53 Å². The number of ether oxygens (including phenoxy) is 1.